The highest BCUT2D eigenvalue weighted by Crippen LogP contribution is 2.21. The topological polar surface area (TPSA) is 39.2 Å². The van der Waals surface area contributed by atoms with Crippen molar-refractivity contribution in [2.24, 2.45) is 0 Å². The first-order valence-electron chi connectivity index (χ1n) is 4.52. The van der Waals surface area contributed by atoms with E-state index < -0.39 is 12.4 Å². The zero-order chi connectivity index (χ0) is 11.3. The summed E-state index contributed by atoms with van der Waals surface area (Å²) in [6, 6.07) is 2.67. The quantitative estimate of drug-likeness (QED) is 0.722. The second kappa shape index (κ2) is 5.38. The molecule has 0 atom stereocenters. The Bertz CT molecular complexity index is 342. The summed E-state index contributed by atoms with van der Waals surface area (Å²) in [5.41, 5.74) is -0.142. The van der Waals surface area contributed by atoms with E-state index in [1.54, 1.807) is 6.92 Å². The minimum atomic E-state index is -2.62. The normalized spacial score (nSPS) is 10.4. The van der Waals surface area contributed by atoms with Gasteiger partial charge < -0.3 is 4.74 Å². The van der Waals surface area contributed by atoms with E-state index in [2.05, 4.69) is 9.72 Å². The number of hydrogen-bond donors (Lipinski definition) is 0. The predicted molar refractivity (Wildman–Crippen MR) is 49.5 cm³/mol. The molecular weight excluding hydrogens is 204 g/mol. The summed E-state index contributed by atoms with van der Waals surface area (Å²) < 4.78 is 29.6. The Morgan fingerprint density at radius 1 is 1.60 bits per heavy atom. The van der Waals surface area contributed by atoms with Crippen LogP contribution in [0.4, 0.5) is 8.78 Å². The summed E-state index contributed by atoms with van der Waals surface area (Å²) in [5.74, 6) is -0.543. The average Bonchev–Trinajstić information content (AvgIpc) is 2.18. The smallest absolute Gasteiger partial charge is 0.311 e. The molecule has 1 heterocycles. The van der Waals surface area contributed by atoms with Crippen molar-refractivity contribution in [2.45, 2.75) is 19.8 Å². The number of esters is 1. The third-order valence-corrected chi connectivity index (χ3v) is 1.78. The molecule has 0 spiro atoms. The number of ether oxygens (including phenoxy) is 1. The molecule has 1 rings (SSSR count). The fraction of sp³-hybridized carbons (Fsp3) is 0.400. The lowest BCUT2D eigenvalue weighted by Crippen LogP contribution is -2.10. The van der Waals surface area contributed by atoms with Crippen molar-refractivity contribution in [2.75, 3.05) is 6.61 Å². The maximum atomic E-state index is 12.5. The van der Waals surface area contributed by atoms with E-state index in [4.69, 9.17) is 0 Å². The van der Waals surface area contributed by atoms with Gasteiger partial charge >= 0.3 is 5.97 Å². The van der Waals surface area contributed by atoms with Crippen LogP contribution in [-0.4, -0.2) is 17.6 Å². The Morgan fingerprint density at radius 2 is 2.33 bits per heavy atom. The Balaban J connectivity index is 2.80. The molecule has 82 valence electrons. The Hall–Kier alpha value is -1.52. The van der Waals surface area contributed by atoms with Gasteiger partial charge in [0, 0.05) is 11.8 Å². The number of halogens is 2. The highest BCUT2D eigenvalue weighted by Gasteiger charge is 2.16. The summed E-state index contributed by atoms with van der Waals surface area (Å²) >= 11 is 0. The van der Waals surface area contributed by atoms with Crippen molar-refractivity contribution in [1.82, 2.24) is 4.98 Å². The molecule has 0 amide bonds. The molecule has 0 unspecified atom stereocenters. The number of hydrogen-bond acceptors (Lipinski definition) is 3. The number of nitrogens with zero attached hydrogens (tertiary/aromatic N) is 1. The minimum Gasteiger partial charge on any atom is -0.466 e. The zero-order valence-electron chi connectivity index (χ0n) is 8.24. The highest BCUT2D eigenvalue weighted by molar-refractivity contribution is 5.72. The standard InChI is InChI=1S/C10H11F2NO2/c1-2-15-9(14)6-8-7(10(11)12)4-3-5-13-8/h3-5,10H,2,6H2,1H3. The molecule has 0 aliphatic carbocycles. The lowest BCUT2D eigenvalue weighted by Gasteiger charge is -2.06. The summed E-state index contributed by atoms with van der Waals surface area (Å²) in [7, 11) is 0. The fourth-order valence-corrected chi connectivity index (χ4v) is 1.15. The summed E-state index contributed by atoms with van der Waals surface area (Å²) in [6.45, 7) is 1.89. The highest BCUT2D eigenvalue weighted by atomic mass is 19.3. The van der Waals surface area contributed by atoms with Crippen LogP contribution in [0.1, 0.15) is 24.6 Å². The molecular formula is C10H11F2NO2. The third kappa shape index (κ3) is 3.27. The van der Waals surface area contributed by atoms with Crippen LogP contribution in [-0.2, 0) is 16.0 Å². The van der Waals surface area contributed by atoms with Gasteiger partial charge in [-0.15, -0.1) is 0 Å². The van der Waals surface area contributed by atoms with Crippen LogP contribution in [0.5, 0.6) is 0 Å². The monoisotopic (exact) mass is 215 g/mol. The number of rotatable bonds is 4. The van der Waals surface area contributed by atoms with Gasteiger partial charge in [-0.2, -0.15) is 0 Å². The van der Waals surface area contributed by atoms with Crippen LogP contribution < -0.4 is 0 Å². The lowest BCUT2D eigenvalue weighted by atomic mass is 10.1. The number of carbonyl (C=O) groups excluding carboxylic acids is 1. The lowest BCUT2D eigenvalue weighted by molar-refractivity contribution is -0.142. The fourth-order valence-electron chi connectivity index (χ4n) is 1.15. The molecule has 5 heteroatoms. The first-order valence-corrected chi connectivity index (χ1v) is 4.52. The average molecular weight is 215 g/mol. The number of pyridine rings is 1. The van der Waals surface area contributed by atoms with Gasteiger partial charge in [0.15, 0.2) is 0 Å². The van der Waals surface area contributed by atoms with E-state index in [1.165, 1.54) is 18.3 Å². The summed E-state index contributed by atoms with van der Waals surface area (Å²) in [6.07, 6.45) is -1.46. The van der Waals surface area contributed by atoms with Crippen LogP contribution >= 0.6 is 0 Å². The first kappa shape index (κ1) is 11.6. The van der Waals surface area contributed by atoms with Crippen molar-refractivity contribution in [1.29, 1.82) is 0 Å². The molecule has 0 bridgehead atoms. The molecule has 1 aromatic heterocycles. The molecule has 0 aromatic carbocycles. The maximum absolute atomic E-state index is 12.5. The molecule has 0 saturated heterocycles. The van der Waals surface area contributed by atoms with Gasteiger partial charge in [-0.1, -0.05) is 0 Å². The number of aromatic nitrogens is 1. The molecule has 3 nitrogen and oxygen atoms in total. The van der Waals surface area contributed by atoms with Crippen molar-refractivity contribution < 1.29 is 18.3 Å². The third-order valence-electron chi connectivity index (χ3n) is 1.78. The van der Waals surface area contributed by atoms with E-state index in [1.807, 2.05) is 0 Å². The molecule has 15 heavy (non-hydrogen) atoms. The van der Waals surface area contributed by atoms with E-state index in [0.717, 1.165) is 0 Å². The summed E-state index contributed by atoms with van der Waals surface area (Å²) in [4.78, 5) is 14.8. The van der Waals surface area contributed by atoms with Crippen LogP contribution in [0, 0.1) is 0 Å². The van der Waals surface area contributed by atoms with E-state index in [-0.39, 0.29) is 24.3 Å². The maximum Gasteiger partial charge on any atom is 0.311 e. The van der Waals surface area contributed by atoms with Crippen molar-refractivity contribution >= 4 is 5.97 Å². The van der Waals surface area contributed by atoms with Gasteiger partial charge in [0.25, 0.3) is 6.43 Å². The van der Waals surface area contributed by atoms with Crippen LogP contribution in [0.2, 0.25) is 0 Å². The zero-order valence-corrected chi connectivity index (χ0v) is 8.24. The molecule has 0 saturated carbocycles. The molecule has 0 N–H and O–H groups in total. The SMILES string of the molecule is CCOC(=O)Cc1ncccc1C(F)F. The van der Waals surface area contributed by atoms with E-state index in [0.29, 0.717) is 0 Å². The van der Waals surface area contributed by atoms with Gasteiger partial charge in [-0.05, 0) is 19.1 Å². The second-order valence-corrected chi connectivity index (χ2v) is 2.82. The predicted octanol–water partition coefficient (Wildman–Crippen LogP) is 2.12. The number of carbonyl (C=O) groups is 1. The molecule has 0 radical (unpaired) electrons. The molecule has 1 aromatic rings. The Kier molecular flexibility index (Phi) is 4.15. The summed E-state index contributed by atoms with van der Waals surface area (Å²) in [5, 5.41) is 0. The first-order chi connectivity index (χ1) is 7.15. The van der Waals surface area contributed by atoms with Gasteiger partial charge in [0.2, 0.25) is 0 Å². The minimum absolute atomic E-state index is 0.0750. The van der Waals surface area contributed by atoms with Gasteiger partial charge in [0.1, 0.15) is 0 Å². The Labute approximate surface area is 86.1 Å². The number of alkyl halides is 2. The Morgan fingerprint density at radius 3 is 2.93 bits per heavy atom. The van der Waals surface area contributed by atoms with Crippen molar-refractivity contribution in [3.8, 4) is 0 Å². The van der Waals surface area contributed by atoms with Gasteiger partial charge in [-0.25, -0.2) is 8.78 Å². The van der Waals surface area contributed by atoms with Crippen LogP contribution in [0.15, 0.2) is 18.3 Å². The van der Waals surface area contributed by atoms with Crippen molar-refractivity contribution in [3.05, 3.63) is 29.6 Å². The molecule has 0 aliphatic rings. The molecule has 0 fully saturated rings. The van der Waals surface area contributed by atoms with Crippen molar-refractivity contribution in [3.63, 3.8) is 0 Å². The van der Waals surface area contributed by atoms with Crippen LogP contribution in [0.3, 0.4) is 0 Å². The largest absolute Gasteiger partial charge is 0.466 e. The van der Waals surface area contributed by atoms with E-state index in [9.17, 15) is 13.6 Å². The second-order valence-electron chi connectivity index (χ2n) is 2.82. The van der Waals surface area contributed by atoms with E-state index >= 15 is 0 Å². The van der Waals surface area contributed by atoms with Gasteiger partial charge in [-0.3, -0.25) is 9.78 Å². The van der Waals surface area contributed by atoms with Gasteiger partial charge in [0.05, 0.1) is 18.7 Å². The molecule has 0 aliphatic heterocycles. The van der Waals surface area contributed by atoms with Crippen LogP contribution in [0.25, 0.3) is 0 Å².